The summed E-state index contributed by atoms with van der Waals surface area (Å²) in [5.74, 6) is 0.857. The van der Waals surface area contributed by atoms with Crippen LogP contribution in [0.3, 0.4) is 0 Å². The fourth-order valence-corrected chi connectivity index (χ4v) is 8.29. The van der Waals surface area contributed by atoms with Gasteiger partial charge in [-0.05, 0) is 74.7 Å². The summed E-state index contributed by atoms with van der Waals surface area (Å²) < 4.78 is 6.06. The van der Waals surface area contributed by atoms with Gasteiger partial charge in [0.1, 0.15) is 12.2 Å². The first kappa shape index (κ1) is 18.0. The molecule has 4 fully saturated rings. The second kappa shape index (κ2) is 5.52. The van der Waals surface area contributed by atoms with Gasteiger partial charge in [0, 0.05) is 11.8 Å². The Balaban J connectivity index is 1.57. The Morgan fingerprint density at radius 1 is 1.30 bits per heavy atom. The van der Waals surface area contributed by atoms with Crippen molar-refractivity contribution in [3.8, 4) is 0 Å². The number of rotatable bonds is 2. The number of Topliss-reactive ketones (excluding diaryl/α,β-unsaturated/α-hetero) is 1. The van der Waals surface area contributed by atoms with E-state index in [9.17, 15) is 19.8 Å². The molecule has 27 heavy (non-hydrogen) atoms. The van der Waals surface area contributed by atoms with Crippen LogP contribution in [-0.4, -0.2) is 46.2 Å². The van der Waals surface area contributed by atoms with Crippen molar-refractivity contribution in [2.45, 2.75) is 76.6 Å². The summed E-state index contributed by atoms with van der Waals surface area (Å²) >= 11 is 0. The van der Waals surface area contributed by atoms with E-state index in [0.717, 1.165) is 25.7 Å². The number of hydrogen-bond acceptors (Lipinski definition) is 5. The van der Waals surface area contributed by atoms with E-state index in [1.165, 1.54) is 5.57 Å². The van der Waals surface area contributed by atoms with Crippen molar-refractivity contribution < 1.29 is 24.5 Å². The molecule has 5 aliphatic rings. The van der Waals surface area contributed by atoms with Crippen LogP contribution in [0.5, 0.6) is 0 Å². The van der Waals surface area contributed by atoms with Crippen molar-refractivity contribution in [2.24, 2.45) is 28.6 Å². The molecule has 0 aromatic rings. The highest BCUT2D eigenvalue weighted by atomic mass is 16.5. The number of carbonyl (C=O) groups is 2. The van der Waals surface area contributed by atoms with Crippen LogP contribution >= 0.6 is 0 Å². The highest BCUT2D eigenvalue weighted by Gasteiger charge is 2.78. The second-order valence-corrected chi connectivity index (χ2v) is 9.91. The van der Waals surface area contributed by atoms with Crippen LogP contribution in [0.4, 0.5) is 0 Å². The minimum atomic E-state index is -0.892. The molecule has 0 aromatic carbocycles. The number of ether oxygens (including phenoxy) is 1. The van der Waals surface area contributed by atoms with Crippen LogP contribution < -0.4 is 0 Å². The zero-order valence-corrected chi connectivity index (χ0v) is 16.2. The first-order valence-corrected chi connectivity index (χ1v) is 10.5. The number of aliphatic hydroxyl groups is 2. The van der Waals surface area contributed by atoms with Crippen molar-refractivity contribution in [1.29, 1.82) is 0 Å². The number of fused-ring (bicyclic) bond motifs is 4. The fourth-order valence-electron chi connectivity index (χ4n) is 8.29. The van der Waals surface area contributed by atoms with Crippen LogP contribution in [0.2, 0.25) is 0 Å². The monoisotopic (exact) mass is 374 g/mol. The van der Waals surface area contributed by atoms with Gasteiger partial charge in [0.2, 0.25) is 0 Å². The van der Waals surface area contributed by atoms with Gasteiger partial charge in [-0.15, -0.1) is 0 Å². The quantitative estimate of drug-likeness (QED) is 0.774. The molecular formula is C22H30O5. The van der Waals surface area contributed by atoms with E-state index >= 15 is 0 Å². The molecular weight excluding hydrogens is 344 g/mol. The Morgan fingerprint density at radius 3 is 2.78 bits per heavy atom. The Kier molecular flexibility index (Phi) is 3.68. The minimum Gasteiger partial charge on any atom is -0.393 e. The lowest BCUT2D eigenvalue weighted by Gasteiger charge is -2.68. The molecule has 8 unspecified atom stereocenters. The summed E-state index contributed by atoms with van der Waals surface area (Å²) in [5, 5.41) is 21.0. The maximum absolute atomic E-state index is 12.7. The summed E-state index contributed by atoms with van der Waals surface area (Å²) in [4.78, 5) is 24.6. The molecule has 2 N–H and O–H groups in total. The summed E-state index contributed by atoms with van der Waals surface area (Å²) in [6.45, 7) is 3.78. The Labute approximate surface area is 160 Å². The van der Waals surface area contributed by atoms with Crippen molar-refractivity contribution >= 4 is 11.6 Å². The van der Waals surface area contributed by atoms with Gasteiger partial charge in [0.15, 0.2) is 11.6 Å². The average molecular weight is 374 g/mol. The lowest BCUT2D eigenvalue weighted by molar-refractivity contribution is -0.326. The van der Waals surface area contributed by atoms with Gasteiger partial charge in [-0.2, -0.15) is 0 Å². The molecule has 4 aliphatic carbocycles. The van der Waals surface area contributed by atoms with Crippen LogP contribution in [-0.2, 0) is 14.3 Å². The fraction of sp³-hybridized carbons (Fsp3) is 0.818. The van der Waals surface area contributed by atoms with E-state index in [4.69, 9.17) is 4.74 Å². The summed E-state index contributed by atoms with van der Waals surface area (Å²) in [7, 11) is 0. The van der Waals surface area contributed by atoms with E-state index in [0.29, 0.717) is 31.1 Å². The van der Waals surface area contributed by atoms with Gasteiger partial charge in [-0.3, -0.25) is 9.59 Å². The lowest BCUT2D eigenvalue weighted by Crippen LogP contribution is -2.75. The van der Waals surface area contributed by atoms with Crippen LogP contribution in [0.25, 0.3) is 0 Å². The highest BCUT2D eigenvalue weighted by molar-refractivity contribution is 5.92. The van der Waals surface area contributed by atoms with Crippen molar-refractivity contribution in [3.63, 3.8) is 0 Å². The van der Waals surface area contributed by atoms with Crippen molar-refractivity contribution in [2.75, 3.05) is 6.61 Å². The molecule has 1 aliphatic heterocycles. The van der Waals surface area contributed by atoms with Crippen LogP contribution in [0, 0.1) is 28.6 Å². The van der Waals surface area contributed by atoms with Gasteiger partial charge in [-0.25, -0.2) is 0 Å². The lowest BCUT2D eigenvalue weighted by atomic mass is 9.42. The molecule has 0 amide bonds. The maximum atomic E-state index is 12.7. The molecule has 3 saturated carbocycles. The molecule has 1 saturated heterocycles. The molecule has 5 rings (SSSR count). The first-order chi connectivity index (χ1) is 12.8. The van der Waals surface area contributed by atoms with Gasteiger partial charge >= 0.3 is 0 Å². The minimum absolute atomic E-state index is 0.0613. The van der Waals surface area contributed by atoms with Gasteiger partial charge in [0.05, 0.1) is 12.2 Å². The Morgan fingerprint density at radius 2 is 2.07 bits per heavy atom. The molecule has 1 spiro atoms. The molecule has 0 bridgehead atoms. The Bertz CT molecular complexity index is 743. The topological polar surface area (TPSA) is 83.8 Å². The number of carbonyl (C=O) groups excluding carboxylic acids is 2. The SMILES string of the molecule is CC1OC2(C(=O)CO)CCC3C4CCC5=CC(=O)CCC5(C)C4C(O)CC132. The van der Waals surface area contributed by atoms with E-state index in [1.54, 1.807) is 0 Å². The molecule has 0 aromatic heterocycles. The standard InChI is InChI=1S/C22H30O5/c1-12-21-10-17(25)19-15(4-3-13-9-14(24)5-7-20(13,19)2)16(21)6-8-22(21,27-12)18(26)11-23/h9,12,15-17,19,23,25H,3-8,10-11H2,1-2H3. The van der Waals surface area contributed by atoms with E-state index in [2.05, 4.69) is 6.92 Å². The summed E-state index contributed by atoms with van der Waals surface area (Å²) in [6.07, 6.45) is 6.73. The number of hydrogen-bond donors (Lipinski definition) is 2. The van der Waals surface area contributed by atoms with Gasteiger partial charge in [0.25, 0.3) is 0 Å². The molecule has 5 nitrogen and oxygen atoms in total. The molecule has 8 atom stereocenters. The highest BCUT2D eigenvalue weighted by Crippen LogP contribution is 2.73. The third-order valence-electron chi connectivity index (χ3n) is 9.30. The number of ketones is 2. The Hall–Kier alpha value is -1.04. The summed E-state index contributed by atoms with van der Waals surface area (Å²) in [5.41, 5.74) is -0.117. The molecule has 1 heterocycles. The van der Waals surface area contributed by atoms with E-state index < -0.39 is 18.3 Å². The molecule has 0 radical (unpaired) electrons. The first-order valence-electron chi connectivity index (χ1n) is 10.5. The third kappa shape index (κ3) is 1.91. The molecule has 5 heteroatoms. The smallest absolute Gasteiger partial charge is 0.190 e. The van der Waals surface area contributed by atoms with Crippen LogP contribution in [0.15, 0.2) is 11.6 Å². The second-order valence-electron chi connectivity index (χ2n) is 9.91. The van der Waals surface area contributed by atoms with Gasteiger partial charge in [-0.1, -0.05) is 12.5 Å². The zero-order valence-electron chi connectivity index (χ0n) is 16.2. The van der Waals surface area contributed by atoms with Crippen LogP contribution in [0.1, 0.15) is 58.8 Å². The summed E-state index contributed by atoms with van der Waals surface area (Å²) in [6, 6.07) is 0. The zero-order chi connectivity index (χ0) is 19.2. The van der Waals surface area contributed by atoms with Crippen molar-refractivity contribution in [1.82, 2.24) is 0 Å². The van der Waals surface area contributed by atoms with E-state index in [-0.39, 0.29) is 34.4 Å². The predicted octanol–water partition coefficient (Wildman–Crippen LogP) is 2.19. The average Bonchev–Trinajstić information content (AvgIpc) is 2.91. The molecule has 148 valence electrons. The van der Waals surface area contributed by atoms with Crippen molar-refractivity contribution in [3.05, 3.63) is 11.6 Å². The predicted molar refractivity (Wildman–Crippen MR) is 97.8 cm³/mol. The number of aliphatic hydroxyl groups excluding tert-OH is 2. The van der Waals surface area contributed by atoms with Gasteiger partial charge < -0.3 is 14.9 Å². The maximum Gasteiger partial charge on any atom is 0.190 e. The normalized spacial score (nSPS) is 53.4. The van der Waals surface area contributed by atoms with E-state index in [1.807, 2.05) is 13.0 Å². The number of allylic oxidation sites excluding steroid dienone is 1. The largest absolute Gasteiger partial charge is 0.393 e. The third-order valence-corrected chi connectivity index (χ3v) is 9.30.